The third kappa shape index (κ3) is 1.94. The number of rotatable bonds is 2. The molecule has 3 N–H and O–H groups in total. The van der Waals surface area contributed by atoms with Crippen molar-refractivity contribution in [3.8, 4) is 0 Å². The van der Waals surface area contributed by atoms with E-state index in [1.165, 1.54) is 12.1 Å². The first-order valence-corrected chi connectivity index (χ1v) is 3.86. The fourth-order valence-electron chi connectivity index (χ4n) is 0.899. The van der Waals surface area contributed by atoms with Gasteiger partial charge in [0, 0.05) is 17.1 Å². The molecule has 4 heteroatoms. The number of aliphatic hydroxyl groups is 1. The Balaban J connectivity index is 3.01. The number of aliphatic hydroxyl groups excluding tert-OH is 1. The Kier molecular flexibility index (Phi) is 3.03. The number of hydrogen-bond donors (Lipinski definition) is 2. The van der Waals surface area contributed by atoms with Crippen molar-refractivity contribution in [3.63, 3.8) is 0 Å². The topological polar surface area (TPSA) is 46.2 Å². The highest BCUT2D eigenvalue weighted by molar-refractivity contribution is 6.30. The molecule has 0 heterocycles. The molecule has 0 aliphatic heterocycles. The number of nitrogens with two attached hydrogens (primary N) is 1. The summed E-state index contributed by atoms with van der Waals surface area (Å²) in [6.07, 6.45) is -0.956. The molecule has 0 saturated carbocycles. The quantitative estimate of drug-likeness (QED) is 0.740. The second-order valence-electron chi connectivity index (χ2n) is 2.42. The highest BCUT2D eigenvalue weighted by atomic mass is 35.5. The fourth-order valence-corrected chi connectivity index (χ4v) is 1.06. The summed E-state index contributed by atoms with van der Waals surface area (Å²) in [4.78, 5) is 0. The van der Waals surface area contributed by atoms with Gasteiger partial charge in [-0.1, -0.05) is 17.7 Å². The summed E-state index contributed by atoms with van der Waals surface area (Å²) in [5.41, 5.74) is 5.34. The van der Waals surface area contributed by atoms with E-state index in [-0.39, 0.29) is 12.1 Å². The molecule has 1 atom stereocenters. The fraction of sp³-hybridized carbons (Fsp3) is 0.250. The molecule has 0 bridgehead atoms. The lowest BCUT2D eigenvalue weighted by Crippen LogP contribution is -2.12. The van der Waals surface area contributed by atoms with Crippen LogP contribution in [0.3, 0.4) is 0 Å². The molecule has 0 unspecified atom stereocenters. The molecule has 0 amide bonds. The number of hydrogen-bond acceptors (Lipinski definition) is 2. The predicted molar refractivity (Wildman–Crippen MR) is 45.4 cm³/mol. The van der Waals surface area contributed by atoms with Gasteiger partial charge < -0.3 is 10.8 Å². The van der Waals surface area contributed by atoms with Crippen LogP contribution in [0.15, 0.2) is 18.2 Å². The molecule has 1 aromatic carbocycles. The minimum atomic E-state index is -0.956. The van der Waals surface area contributed by atoms with Crippen LogP contribution in [0.5, 0.6) is 0 Å². The van der Waals surface area contributed by atoms with Gasteiger partial charge in [-0.15, -0.1) is 0 Å². The van der Waals surface area contributed by atoms with Crippen molar-refractivity contribution in [2.45, 2.75) is 6.10 Å². The van der Waals surface area contributed by atoms with Gasteiger partial charge in [-0.25, -0.2) is 4.39 Å². The van der Waals surface area contributed by atoms with Gasteiger partial charge in [0.05, 0.1) is 6.10 Å². The molecule has 1 aromatic rings. The van der Waals surface area contributed by atoms with Crippen LogP contribution in [-0.4, -0.2) is 11.7 Å². The molecule has 1 rings (SSSR count). The van der Waals surface area contributed by atoms with Crippen molar-refractivity contribution in [2.24, 2.45) is 5.73 Å². The highest BCUT2D eigenvalue weighted by Crippen LogP contribution is 2.19. The van der Waals surface area contributed by atoms with Gasteiger partial charge in [0.2, 0.25) is 0 Å². The Labute approximate surface area is 74.8 Å². The van der Waals surface area contributed by atoms with Gasteiger partial charge in [0.15, 0.2) is 0 Å². The van der Waals surface area contributed by atoms with Crippen molar-refractivity contribution < 1.29 is 9.50 Å². The molecular formula is C8H9ClFNO. The SMILES string of the molecule is NC[C@@H](O)c1ccc(Cl)cc1F. The first-order chi connectivity index (χ1) is 5.65. The van der Waals surface area contributed by atoms with E-state index in [0.29, 0.717) is 5.02 Å². The van der Waals surface area contributed by atoms with Gasteiger partial charge in [0.25, 0.3) is 0 Å². The zero-order valence-corrected chi connectivity index (χ0v) is 7.05. The van der Waals surface area contributed by atoms with Crippen molar-refractivity contribution in [1.29, 1.82) is 0 Å². The Hall–Kier alpha value is -0.640. The highest BCUT2D eigenvalue weighted by Gasteiger charge is 2.10. The molecule has 0 spiro atoms. The molecule has 66 valence electrons. The molecule has 2 nitrogen and oxygen atoms in total. The summed E-state index contributed by atoms with van der Waals surface area (Å²) in [5, 5.41) is 9.50. The second kappa shape index (κ2) is 3.85. The summed E-state index contributed by atoms with van der Waals surface area (Å²) >= 11 is 5.51. The van der Waals surface area contributed by atoms with Crippen LogP contribution in [-0.2, 0) is 0 Å². The average Bonchev–Trinajstić information content (AvgIpc) is 2.03. The summed E-state index contributed by atoms with van der Waals surface area (Å²) in [6, 6.07) is 4.09. The molecule has 0 aliphatic rings. The van der Waals surface area contributed by atoms with E-state index in [9.17, 15) is 9.50 Å². The van der Waals surface area contributed by atoms with Crippen molar-refractivity contribution in [2.75, 3.05) is 6.54 Å². The van der Waals surface area contributed by atoms with Crippen LogP contribution in [0.4, 0.5) is 4.39 Å². The van der Waals surface area contributed by atoms with Gasteiger partial charge in [0.1, 0.15) is 5.82 Å². The van der Waals surface area contributed by atoms with Crippen LogP contribution < -0.4 is 5.73 Å². The van der Waals surface area contributed by atoms with Crippen LogP contribution >= 0.6 is 11.6 Å². The summed E-state index contributed by atoms with van der Waals surface area (Å²) < 4.78 is 13.0. The maximum Gasteiger partial charge on any atom is 0.130 e. The maximum atomic E-state index is 13.0. The molecule has 12 heavy (non-hydrogen) atoms. The lowest BCUT2D eigenvalue weighted by Gasteiger charge is -2.08. The second-order valence-corrected chi connectivity index (χ2v) is 2.85. The van der Waals surface area contributed by atoms with E-state index < -0.39 is 11.9 Å². The summed E-state index contributed by atoms with van der Waals surface area (Å²) in [5.74, 6) is -0.527. The van der Waals surface area contributed by atoms with E-state index in [1.807, 2.05) is 0 Å². The van der Waals surface area contributed by atoms with E-state index >= 15 is 0 Å². The van der Waals surface area contributed by atoms with Crippen LogP contribution in [0.1, 0.15) is 11.7 Å². The normalized spacial score (nSPS) is 13.0. The van der Waals surface area contributed by atoms with Gasteiger partial charge in [-0.05, 0) is 12.1 Å². The van der Waals surface area contributed by atoms with E-state index in [0.717, 1.165) is 6.07 Å². The van der Waals surface area contributed by atoms with E-state index in [4.69, 9.17) is 17.3 Å². The monoisotopic (exact) mass is 189 g/mol. The maximum absolute atomic E-state index is 13.0. The van der Waals surface area contributed by atoms with Gasteiger partial charge in [-0.3, -0.25) is 0 Å². The van der Waals surface area contributed by atoms with Gasteiger partial charge in [-0.2, -0.15) is 0 Å². The third-order valence-electron chi connectivity index (χ3n) is 1.54. The van der Waals surface area contributed by atoms with E-state index in [2.05, 4.69) is 0 Å². The average molecular weight is 190 g/mol. The lowest BCUT2D eigenvalue weighted by molar-refractivity contribution is 0.182. The predicted octanol–water partition coefficient (Wildman–Crippen LogP) is 1.47. The molecule has 0 fully saturated rings. The molecule has 0 aromatic heterocycles. The summed E-state index contributed by atoms with van der Waals surface area (Å²) in [6.45, 7) is -0.00144. The Morgan fingerprint density at radius 2 is 2.25 bits per heavy atom. The van der Waals surface area contributed by atoms with Crippen molar-refractivity contribution in [1.82, 2.24) is 0 Å². The molecule has 0 aliphatic carbocycles. The first-order valence-electron chi connectivity index (χ1n) is 3.48. The van der Waals surface area contributed by atoms with E-state index in [1.54, 1.807) is 0 Å². The van der Waals surface area contributed by atoms with Crippen molar-refractivity contribution >= 4 is 11.6 Å². The van der Waals surface area contributed by atoms with Gasteiger partial charge >= 0.3 is 0 Å². The zero-order valence-electron chi connectivity index (χ0n) is 6.30. The minimum absolute atomic E-state index is 0.00144. The van der Waals surface area contributed by atoms with Crippen LogP contribution in [0.2, 0.25) is 5.02 Å². The number of benzene rings is 1. The zero-order chi connectivity index (χ0) is 9.14. The van der Waals surface area contributed by atoms with Crippen LogP contribution in [0.25, 0.3) is 0 Å². The molecule has 0 radical (unpaired) electrons. The summed E-state index contributed by atoms with van der Waals surface area (Å²) in [7, 11) is 0. The molecular weight excluding hydrogens is 181 g/mol. The Bertz CT molecular complexity index is 280. The largest absolute Gasteiger partial charge is 0.387 e. The first kappa shape index (κ1) is 9.45. The Morgan fingerprint density at radius 3 is 2.75 bits per heavy atom. The lowest BCUT2D eigenvalue weighted by atomic mass is 10.1. The Morgan fingerprint density at radius 1 is 1.58 bits per heavy atom. The third-order valence-corrected chi connectivity index (χ3v) is 1.78. The van der Waals surface area contributed by atoms with Crippen molar-refractivity contribution in [3.05, 3.63) is 34.6 Å². The van der Waals surface area contributed by atoms with Crippen LogP contribution in [0, 0.1) is 5.82 Å². The standard InChI is InChI=1S/C8H9ClFNO/c9-5-1-2-6(7(10)3-5)8(12)4-11/h1-3,8,12H,4,11H2/t8-/m1/s1. The molecule has 0 saturated heterocycles. The minimum Gasteiger partial charge on any atom is -0.387 e. The number of halogens is 2. The smallest absolute Gasteiger partial charge is 0.130 e.